The van der Waals surface area contributed by atoms with E-state index < -0.39 is 11.5 Å². The van der Waals surface area contributed by atoms with E-state index in [1.807, 2.05) is 4.90 Å². The van der Waals surface area contributed by atoms with Crippen LogP contribution in [0.5, 0.6) is 0 Å². The van der Waals surface area contributed by atoms with Crippen molar-refractivity contribution in [2.75, 3.05) is 13.1 Å². The summed E-state index contributed by atoms with van der Waals surface area (Å²) in [6.07, 6.45) is 4.43. The molecule has 1 unspecified atom stereocenters. The molecule has 114 valence electrons. The highest BCUT2D eigenvalue weighted by Crippen LogP contribution is 2.33. The smallest absolute Gasteiger partial charge is 0.329 e. The lowest BCUT2D eigenvalue weighted by molar-refractivity contribution is -0.150. The predicted octanol–water partition coefficient (Wildman–Crippen LogP) is 2.56. The molecule has 1 aliphatic carbocycles. The van der Waals surface area contributed by atoms with Gasteiger partial charge in [-0.1, -0.05) is 13.8 Å². The number of carbonyl (C=O) groups is 2. The van der Waals surface area contributed by atoms with Crippen molar-refractivity contribution in [3.63, 3.8) is 0 Å². The number of hydrogen-bond donors (Lipinski definition) is 1. The second-order valence-corrected chi connectivity index (χ2v) is 6.75. The topological polar surface area (TPSA) is 60.9 Å². The molecule has 2 rings (SSSR count). The van der Waals surface area contributed by atoms with E-state index in [9.17, 15) is 14.7 Å². The Labute approximate surface area is 120 Å². The van der Waals surface area contributed by atoms with E-state index in [2.05, 4.69) is 13.8 Å². The minimum absolute atomic E-state index is 0.0780. The first-order valence-electron chi connectivity index (χ1n) is 7.68. The lowest BCUT2D eigenvalue weighted by Crippen LogP contribution is -2.61. The van der Waals surface area contributed by atoms with Crippen LogP contribution in [0, 0.1) is 5.92 Å². The van der Waals surface area contributed by atoms with E-state index in [0.717, 1.165) is 32.2 Å². The van der Waals surface area contributed by atoms with Gasteiger partial charge in [-0.05, 0) is 44.9 Å². The van der Waals surface area contributed by atoms with Crippen LogP contribution in [-0.4, -0.2) is 51.6 Å². The van der Waals surface area contributed by atoms with Gasteiger partial charge in [-0.3, -0.25) is 0 Å². The summed E-state index contributed by atoms with van der Waals surface area (Å²) in [6, 6.07) is 0.246. The molecule has 5 heteroatoms. The van der Waals surface area contributed by atoms with Crippen molar-refractivity contribution in [3.05, 3.63) is 0 Å². The number of nitrogens with zero attached hydrogens (tertiary/aromatic N) is 2. The SMILES string of the molecule is CC(C)CN(C(=O)N1CCCCC1(C)C(=O)O)C1CC1. The Morgan fingerprint density at radius 3 is 2.50 bits per heavy atom. The summed E-state index contributed by atoms with van der Waals surface area (Å²) in [7, 11) is 0. The fourth-order valence-corrected chi connectivity index (χ4v) is 2.97. The Kier molecular flexibility index (Phi) is 4.25. The number of piperidine rings is 1. The first-order valence-corrected chi connectivity index (χ1v) is 7.68. The molecule has 1 aliphatic heterocycles. The van der Waals surface area contributed by atoms with Gasteiger partial charge in [0.1, 0.15) is 5.54 Å². The van der Waals surface area contributed by atoms with Gasteiger partial charge in [0.2, 0.25) is 0 Å². The second-order valence-electron chi connectivity index (χ2n) is 6.75. The highest BCUT2D eigenvalue weighted by atomic mass is 16.4. The lowest BCUT2D eigenvalue weighted by Gasteiger charge is -2.44. The molecule has 1 saturated heterocycles. The van der Waals surface area contributed by atoms with Gasteiger partial charge < -0.3 is 14.9 Å². The van der Waals surface area contributed by atoms with E-state index in [-0.39, 0.29) is 6.03 Å². The molecule has 2 fully saturated rings. The molecule has 2 amide bonds. The summed E-state index contributed by atoms with van der Waals surface area (Å²) in [4.78, 5) is 27.9. The maximum absolute atomic E-state index is 12.8. The molecular weight excluding hydrogens is 256 g/mol. The number of carboxylic acids is 1. The highest BCUT2D eigenvalue weighted by molar-refractivity contribution is 5.86. The Morgan fingerprint density at radius 2 is 2.00 bits per heavy atom. The Morgan fingerprint density at radius 1 is 1.35 bits per heavy atom. The van der Waals surface area contributed by atoms with Crippen molar-refractivity contribution in [3.8, 4) is 0 Å². The number of likely N-dealkylation sites (tertiary alicyclic amines) is 1. The fourth-order valence-electron chi connectivity index (χ4n) is 2.97. The minimum Gasteiger partial charge on any atom is -0.480 e. The van der Waals surface area contributed by atoms with Gasteiger partial charge in [0.15, 0.2) is 0 Å². The molecule has 0 aromatic rings. The molecule has 2 aliphatic rings. The number of amides is 2. The molecule has 1 N–H and O–H groups in total. The quantitative estimate of drug-likeness (QED) is 0.862. The Hall–Kier alpha value is -1.26. The van der Waals surface area contributed by atoms with E-state index in [1.54, 1.807) is 11.8 Å². The van der Waals surface area contributed by atoms with E-state index in [0.29, 0.717) is 24.9 Å². The van der Waals surface area contributed by atoms with Crippen LogP contribution in [0.4, 0.5) is 4.79 Å². The zero-order valence-corrected chi connectivity index (χ0v) is 12.8. The van der Waals surface area contributed by atoms with Crippen molar-refractivity contribution in [2.45, 2.75) is 64.5 Å². The molecule has 0 bridgehead atoms. The predicted molar refractivity (Wildman–Crippen MR) is 76.6 cm³/mol. The first kappa shape index (κ1) is 15.1. The van der Waals surface area contributed by atoms with Crippen molar-refractivity contribution < 1.29 is 14.7 Å². The summed E-state index contributed by atoms with van der Waals surface area (Å²) in [5.74, 6) is -0.480. The molecule has 0 spiro atoms. The lowest BCUT2D eigenvalue weighted by atomic mass is 9.89. The van der Waals surface area contributed by atoms with Gasteiger partial charge in [0.05, 0.1) is 0 Å². The molecule has 5 nitrogen and oxygen atoms in total. The van der Waals surface area contributed by atoms with Crippen LogP contribution in [0.3, 0.4) is 0 Å². The van der Waals surface area contributed by atoms with E-state index in [4.69, 9.17) is 0 Å². The van der Waals surface area contributed by atoms with Crippen molar-refractivity contribution in [2.24, 2.45) is 5.92 Å². The summed E-state index contributed by atoms with van der Waals surface area (Å²) in [5, 5.41) is 9.52. The van der Waals surface area contributed by atoms with Gasteiger partial charge >= 0.3 is 12.0 Å². The average molecular weight is 282 g/mol. The zero-order valence-electron chi connectivity index (χ0n) is 12.8. The fraction of sp³-hybridized carbons (Fsp3) is 0.867. The van der Waals surface area contributed by atoms with Crippen LogP contribution in [-0.2, 0) is 4.79 Å². The summed E-state index contributed by atoms with van der Waals surface area (Å²) < 4.78 is 0. The molecule has 1 saturated carbocycles. The standard InChI is InChI=1S/C15H26N2O3/c1-11(2)10-16(12-6-7-12)14(20)17-9-5-4-8-15(17,3)13(18)19/h11-12H,4-10H2,1-3H3,(H,18,19). The van der Waals surface area contributed by atoms with Crippen molar-refractivity contribution in [1.29, 1.82) is 0 Å². The number of urea groups is 1. The number of carbonyl (C=O) groups excluding carboxylic acids is 1. The van der Waals surface area contributed by atoms with E-state index >= 15 is 0 Å². The molecule has 1 atom stereocenters. The van der Waals surface area contributed by atoms with Crippen LogP contribution in [0.2, 0.25) is 0 Å². The summed E-state index contributed by atoms with van der Waals surface area (Å²) >= 11 is 0. The van der Waals surface area contributed by atoms with Gasteiger partial charge in [-0.2, -0.15) is 0 Å². The third-order valence-electron chi connectivity index (χ3n) is 4.38. The Balaban J connectivity index is 2.17. The monoisotopic (exact) mass is 282 g/mol. The Bertz CT molecular complexity index is 393. The van der Waals surface area contributed by atoms with Gasteiger partial charge in [-0.15, -0.1) is 0 Å². The van der Waals surface area contributed by atoms with Crippen LogP contribution in [0.1, 0.15) is 52.9 Å². The zero-order chi connectivity index (χ0) is 14.9. The number of aliphatic carboxylic acids is 1. The van der Waals surface area contributed by atoms with Crippen LogP contribution in [0.25, 0.3) is 0 Å². The van der Waals surface area contributed by atoms with Gasteiger partial charge in [0, 0.05) is 19.1 Å². The second kappa shape index (κ2) is 5.62. The largest absolute Gasteiger partial charge is 0.480 e. The van der Waals surface area contributed by atoms with Crippen molar-refractivity contribution in [1.82, 2.24) is 9.80 Å². The third-order valence-corrected chi connectivity index (χ3v) is 4.38. The molecule has 0 radical (unpaired) electrons. The number of hydrogen-bond acceptors (Lipinski definition) is 2. The summed E-state index contributed by atoms with van der Waals surface area (Å²) in [6.45, 7) is 7.15. The van der Waals surface area contributed by atoms with Gasteiger partial charge in [-0.25, -0.2) is 9.59 Å². The minimum atomic E-state index is -1.04. The van der Waals surface area contributed by atoms with Crippen LogP contribution < -0.4 is 0 Å². The third kappa shape index (κ3) is 2.91. The van der Waals surface area contributed by atoms with Crippen molar-refractivity contribution >= 4 is 12.0 Å². The van der Waals surface area contributed by atoms with Crippen LogP contribution in [0.15, 0.2) is 0 Å². The first-order chi connectivity index (χ1) is 9.36. The highest BCUT2D eigenvalue weighted by Gasteiger charge is 2.47. The summed E-state index contributed by atoms with van der Waals surface area (Å²) in [5.41, 5.74) is -1.04. The molecule has 20 heavy (non-hydrogen) atoms. The average Bonchev–Trinajstić information content (AvgIpc) is 3.19. The van der Waals surface area contributed by atoms with E-state index in [1.165, 1.54) is 0 Å². The van der Waals surface area contributed by atoms with Gasteiger partial charge in [0.25, 0.3) is 0 Å². The maximum atomic E-state index is 12.8. The normalized spacial score (nSPS) is 26.7. The molecule has 1 heterocycles. The number of rotatable bonds is 4. The molecule has 0 aromatic heterocycles. The molecule has 0 aromatic carbocycles. The maximum Gasteiger partial charge on any atom is 0.329 e. The number of carboxylic acid groups (broad SMARTS) is 1. The van der Waals surface area contributed by atoms with Crippen LogP contribution >= 0.6 is 0 Å². The molecular formula is C15H26N2O3.